The van der Waals surface area contributed by atoms with E-state index < -0.39 is 5.91 Å². The number of benzene rings is 2. The molecule has 0 aliphatic carbocycles. The highest BCUT2D eigenvalue weighted by Gasteiger charge is 2.29. The highest BCUT2D eigenvalue weighted by atomic mass is 16.5. The van der Waals surface area contributed by atoms with E-state index in [9.17, 15) is 15.0 Å². The maximum absolute atomic E-state index is 12.8. The lowest BCUT2D eigenvalue weighted by atomic mass is 10.0. The lowest BCUT2D eigenvalue weighted by Crippen LogP contribution is -2.54. The van der Waals surface area contributed by atoms with Gasteiger partial charge in [-0.25, -0.2) is 0 Å². The quantitative estimate of drug-likeness (QED) is 0.172. The highest BCUT2D eigenvalue weighted by Crippen LogP contribution is 2.33. The van der Waals surface area contributed by atoms with Crippen LogP contribution in [0.25, 0.3) is 0 Å². The van der Waals surface area contributed by atoms with E-state index in [1.807, 2.05) is 9.80 Å². The van der Waals surface area contributed by atoms with Gasteiger partial charge in [-0.05, 0) is 37.1 Å². The summed E-state index contributed by atoms with van der Waals surface area (Å²) in [7, 11) is 1.39. The number of aromatic nitrogens is 3. The first-order valence-electron chi connectivity index (χ1n) is 13.6. The molecule has 3 heterocycles. The van der Waals surface area contributed by atoms with Crippen molar-refractivity contribution in [3.05, 3.63) is 42.0 Å². The molecule has 2 aromatic carbocycles. The van der Waals surface area contributed by atoms with E-state index in [0.29, 0.717) is 56.6 Å². The van der Waals surface area contributed by atoms with Crippen molar-refractivity contribution in [3.63, 3.8) is 0 Å². The molecular formula is C27H37N11O4. The zero-order chi connectivity index (χ0) is 30.0. The van der Waals surface area contributed by atoms with Gasteiger partial charge in [0.25, 0.3) is 5.91 Å². The number of methoxy groups -OCH3 is 1. The second-order valence-corrected chi connectivity index (χ2v) is 10.7. The Morgan fingerprint density at radius 1 is 0.881 bits per heavy atom. The zero-order valence-electron chi connectivity index (χ0n) is 23.3. The van der Waals surface area contributed by atoms with E-state index in [1.54, 1.807) is 12.1 Å². The standard InChI is InChI=1S/C27H37N11O4/c1-42-22-4-2-3-19(23(22)40)24(41)33-20-6-5-18(9-21(20)39)32-25-34-26(37-10-14(28)7-15(29)11-37)36-27(35-25)38-12-16(30)8-17(31)13-38/h2-6,9,14-17,39-40H,7-8,10-13,28-31H2,1H3,(H,33,41)(H,32,34,35,36)/t14-,15+,16-,17+. The second-order valence-electron chi connectivity index (χ2n) is 10.7. The van der Waals surface area contributed by atoms with Crippen LogP contribution in [0, 0.1) is 0 Å². The molecule has 1 aromatic heterocycles. The molecule has 12 N–H and O–H groups in total. The molecule has 1 amide bonds. The van der Waals surface area contributed by atoms with Crippen molar-refractivity contribution in [2.75, 3.05) is 53.7 Å². The van der Waals surface area contributed by atoms with E-state index in [2.05, 4.69) is 20.6 Å². The van der Waals surface area contributed by atoms with Crippen molar-refractivity contribution < 1.29 is 19.7 Å². The van der Waals surface area contributed by atoms with Crippen LogP contribution >= 0.6 is 0 Å². The summed E-state index contributed by atoms with van der Waals surface area (Å²) in [4.78, 5) is 30.6. The Morgan fingerprint density at radius 3 is 1.98 bits per heavy atom. The van der Waals surface area contributed by atoms with Crippen molar-refractivity contribution in [1.29, 1.82) is 0 Å². The predicted molar refractivity (Wildman–Crippen MR) is 159 cm³/mol. The number of nitrogens with one attached hydrogen (secondary N) is 2. The molecule has 2 fully saturated rings. The Bertz CT molecular complexity index is 1380. The number of amides is 1. The van der Waals surface area contributed by atoms with Crippen LogP contribution in [0.15, 0.2) is 36.4 Å². The molecule has 42 heavy (non-hydrogen) atoms. The van der Waals surface area contributed by atoms with Gasteiger partial charge in [0.15, 0.2) is 11.5 Å². The maximum atomic E-state index is 12.8. The van der Waals surface area contributed by atoms with Crippen LogP contribution in [0.4, 0.5) is 29.2 Å². The lowest BCUT2D eigenvalue weighted by Gasteiger charge is -2.37. The van der Waals surface area contributed by atoms with Crippen LogP contribution in [0.2, 0.25) is 0 Å². The van der Waals surface area contributed by atoms with E-state index in [1.165, 1.54) is 31.4 Å². The number of piperidine rings is 2. The number of anilines is 5. The van der Waals surface area contributed by atoms with Gasteiger partial charge < -0.3 is 58.3 Å². The summed E-state index contributed by atoms with van der Waals surface area (Å²) in [5.74, 6) is 0.0655. The summed E-state index contributed by atoms with van der Waals surface area (Å²) < 4.78 is 5.06. The second kappa shape index (κ2) is 12.2. The fourth-order valence-electron chi connectivity index (χ4n) is 5.28. The first-order chi connectivity index (χ1) is 20.1. The van der Waals surface area contributed by atoms with Crippen molar-refractivity contribution in [3.8, 4) is 17.2 Å². The largest absolute Gasteiger partial charge is 0.506 e. The average Bonchev–Trinajstić information content (AvgIpc) is 2.93. The normalized spacial score (nSPS) is 22.5. The molecule has 4 atom stereocenters. The van der Waals surface area contributed by atoms with Gasteiger partial charge in [-0.1, -0.05) is 6.07 Å². The third kappa shape index (κ3) is 6.54. The smallest absolute Gasteiger partial charge is 0.259 e. The van der Waals surface area contributed by atoms with E-state index in [-0.39, 0.29) is 58.6 Å². The lowest BCUT2D eigenvalue weighted by molar-refractivity contribution is 0.102. The third-order valence-corrected chi connectivity index (χ3v) is 7.17. The van der Waals surface area contributed by atoms with Crippen molar-refractivity contribution in [2.45, 2.75) is 37.0 Å². The zero-order valence-corrected chi connectivity index (χ0v) is 23.3. The molecule has 224 valence electrons. The molecule has 0 radical (unpaired) electrons. The molecule has 0 spiro atoms. The van der Waals surface area contributed by atoms with Crippen LogP contribution in [-0.2, 0) is 0 Å². The van der Waals surface area contributed by atoms with E-state index >= 15 is 0 Å². The van der Waals surface area contributed by atoms with Crippen LogP contribution in [0.3, 0.4) is 0 Å². The Morgan fingerprint density at radius 2 is 1.45 bits per heavy atom. The molecule has 5 rings (SSSR count). The van der Waals surface area contributed by atoms with Gasteiger partial charge in [0.1, 0.15) is 5.75 Å². The molecular weight excluding hydrogens is 542 g/mol. The summed E-state index contributed by atoms with van der Waals surface area (Å²) in [6.45, 7) is 2.14. The SMILES string of the molecule is COc1cccc(C(=O)Nc2ccc(Nc3nc(N4C[C@H](N)C[C@H](N)C4)nc(N4C[C@H](N)C[C@H](N)C4)n3)cc2O)c1O. The molecule has 0 saturated carbocycles. The summed E-state index contributed by atoms with van der Waals surface area (Å²) in [6.07, 6.45) is 1.41. The van der Waals surface area contributed by atoms with Gasteiger partial charge in [0.2, 0.25) is 17.8 Å². The number of nitrogens with two attached hydrogens (primary N) is 4. The van der Waals surface area contributed by atoms with Gasteiger partial charge in [-0.15, -0.1) is 0 Å². The number of carbonyl (C=O) groups is 1. The van der Waals surface area contributed by atoms with Crippen molar-refractivity contribution in [1.82, 2.24) is 15.0 Å². The van der Waals surface area contributed by atoms with Gasteiger partial charge in [0.05, 0.1) is 18.4 Å². The summed E-state index contributed by atoms with van der Waals surface area (Å²) >= 11 is 0. The Kier molecular flexibility index (Phi) is 8.44. The summed E-state index contributed by atoms with van der Waals surface area (Å²) in [5.41, 5.74) is 25.5. The molecule has 15 heteroatoms. The number of rotatable bonds is 7. The minimum absolute atomic E-state index is 0.00417. The molecule has 0 unspecified atom stereocenters. The number of phenols is 2. The number of ether oxygens (including phenoxy) is 1. The Balaban J connectivity index is 1.39. The molecule has 0 bridgehead atoms. The predicted octanol–water partition coefficient (Wildman–Crippen LogP) is 0.0167. The average molecular weight is 580 g/mol. The van der Waals surface area contributed by atoms with Gasteiger partial charge in [-0.2, -0.15) is 15.0 Å². The van der Waals surface area contributed by atoms with Crippen LogP contribution in [0.5, 0.6) is 17.2 Å². The Labute approximate surface area is 242 Å². The number of phenolic OH excluding ortho intramolecular Hbond substituents is 2. The van der Waals surface area contributed by atoms with Crippen LogP contribution in [0.1, 0.15) is 23.2 Å². The van der Waals surface area contributed by atoms with Crippen LogP contribution in [-0.4, -0.2) is 88.5 Å². The third-order valence-electron chi connectivity index (χ3n) is 7.17. The number of carbonyl (C=O) groups excluding carboxylic acids is 1. The molecule has 2 saturated heterocycles. The molecule has 15 nitrogen and oxygen atoms in total. The highest BCUT2D eigenvalue weighted by molar-refractivity contribution is 6.07. The van der Waals surface area contributed by atoms with Gasteiger partial charge in [-0.3, -0.25) is 4.79 Å². The Hall–Kier alpha value is -4.44. The van der Waals surface area contributed by atoms with E-state index in [4.69, 9.17) is 32.7 Å². The number of aromatic hydroxyl groups is 2. The summed E-state index contributed by atoms with van der Waals surface area (Å²) in [6, 6.07) is 8.63. The number of para-hydroxylation sites is 1. The topological polar surface area (TPSA) is 240 Å². The fourth-order valence-corrected chi connectivity index (χ4v) is 5.28. The first-order valence-corrected chi connectivity index (χ1v) is 13.6. The van der Waals surface area contributed by atoms with Gasteiger partial charge in [0, 0.05) is 62.1 Å². The minimum Gasteiger partial charge on any atom is -0.506 e. The monoisotopic (exact) mass is 579 g/mol. The van der Waals surface area contributed by atoms with Crippen molar-refractivity contribution in [2.24, 2.45) is 22.9 Å². The molecule has 3 aromatic rings. The van der Waals surface area contributed by atoms with Gasteiger partial charge >= 0.3 is 0 Å². The minimum atomic E-state index is -0.620. The fraction of sp³-hybridized carbons (Fsp3) is 0.407. The van der Waals surface area contributed by atoms with Crippen LogP contribution < -0.4 is 48.1 Å². The number of nitrogens with zero attached hydrogens (tertiary/aromatic N) is 5. The first kappa shape index (κ1) is 29.1. The van der Waals surface area contributed by atoms with E-state index in [0.717, 1.165) is 0 Å². The number of hydrogen-bond donors (Lipinski definition) is 8. The van der Waals surface area contributed by atoms with Crippen molar-refractivity contribution >= 4 is 35.1 Å². The number of hydrogen-bond acceptors (Lipinski definition) is 14. The maximum Gasteiger partial charge on any atom is 0.259 e. The summed E-state index contributed by atoms with van der Waals surface area (Å²) in [5, 5.41) is 26.7. The molecule has 2 aliphatic rings. The molecule has 2 aliphatic heterocycles.